The summed E-state index contributed by atoms with van der Waals surface area (Å²) in [5, 5.41) is 14.2. The molecular weight excluding hydrogens is 332 g/mol. The number of hydrogen-bond acceptors (Lipinski definition) is 4. The van der Waals surface area contributed by atoms with E-state index in [1.807, 2.05) is 53.9 Å². The summed E-state index contributed by atoms with van der Waals surface area (Å²) in [4.78, 5) is 16.6. The first kappa shape index (κ1) is 14.1. The number of hydrogen-bond donors (Lipinski definition) is 2. The van der Waals surface area contributed by atoms with Crippen molar-refractivity contribution in [1.82, 2.24) is 15.2 Å². The molecule has 0 spiro atoms. The molecule has 0 bridgehead atoms. The van der Waals surface area contributed by atoms with Crippen LogP contribution in [0.25, 0.3) is 33.3 Å². The Balaban J connectivity index is 1.60. The maximum absolute atomic E-state index is 12.3. The fourth-order valence-corrected chi connectivity index (χ4v) is 3.72. The van der Waals surface area contributed by atoms with Crippen molar-refractivity contribution >= 4 is 45.5 Å². The molecular formula is C19H12N4OS. The second kappa shape index (κ2) is 5.39. The van der Waals surface area contributed by atoms with Crippen molar-refractivity contribution in [1.29, 1.82) is 0 Å². The highest BCUT2D eigenvalue weighted by Gasteiger charge is 2.23. The first-order valence-electron chi connectivity index (χ1n) is 7.80. The van der Waals surface area contributed by atoms with E-state index in [1.165, 1.54) is 0 Å². The molecule has 2 aromatic heterocycles. The lowest BCUT2D eigenvalue weighted by Crippen LogP contribution is -2.03. The maximum atomic E-state index is 12.3. The Kier molecular flexibility index (Phi) is 3.05. The number of thiazole rings is 1. The number of H-pyrrole nitrogens is 1. The normalized spacial score (nSPS) is 14.9. The number of carbonyl (C=O) groups excluding carboxylic acids is 1. The van der Waals surface area contributed by atoms with E-state index in [0.29, 0.717) is 5.57 Å². The number of amides is 1. The standard InChI is InChI=1S/C19H12N4OS/c24-18-14(12-3-1-2-4-15(12)21-18)9-11-5-6-13-16(10-11)22-23-17(13)19-20-7-8-25-19/h1-10H,(H,21,24)(H,22,23)/b14-9+. The number of fused-ring (bicyclic) bond motifs is 2. The van der Waals surface area contributed by atoms with Crippen LogP contribution in [0.3, 0.4) is 0 Å². The van der Waals surface area contributed by atoms with Crippen molar-refractivity contribution in [2.45, 2.75) is 0 Å². The zero-order valence-electron chi connectivity index (χ0n) is 13.0. The minimum absolute atomic E-state index is 0.0746. The van der Waals surface area contributed by atoms with Gasteiger partial charge in [0.05, 0.1) is 5.52 Å². The molecule has 1 amide bonds. The Bertz CT molecular complexity index is 1140. The van der Waals surface area contributed by atoms with Crippen LogP contribution in [0.1, 0.15) is 11.1 Å². The Morgan fingerprint density at radius 2 is 2.04 bits per heavy atom. The summed E-state index contributed by atoms with van der Waals surface area (Å²) in [5.41, 5.74) is 5.19. The Hall–Kier alpha value is -3.25. The predicted octanol–water partition coefficient (Wildman–Crippen LogP) is 4.18. The second-order valence-corrected chi connectivity index (χ2v) is 6.67. The highest BCUT2D eigenvalue weighted by Crippen LogP contribution is 2.34. The van der Waals surface area contributed by atoms with Crippen LogP contribution in [0.2, 0.25) is 0 Å². The Morgan fingerprint density at radius 1 is 1.12 bits per heavy atom. The van der Waals surface area contributed by atoms with Gasteiger partial charge in [-0.3, -0.25) is 9.89 Å². The van der Waals surface area contributed by atoms with Crippen molar-refractivity contribution in [2.24, 2.45) is 0 Å². The van der Waals surface area contributed by atoms with Gasteiger partial charge < -0.3 is 5.32 Å². The first-order valence-corrected chi connectivity index (χ1v) is 8.68. The zero-order valence-corrected chi connectivity index (χ0v) is 13.8. The number of aromatic nitrogens is 3. The van der Waals surface area contributed by atoms with Gasteiger partial charge in [0, 0.05) is 33.8 Å². The monoisotopic (exact) mass is 344 g/mol. The van der Waals surface area contributed by atoms with Gasteiger partial charge in [-0.2, -0.15) is 5.10 Å². The lowest BCUT2D eigenvalue weighted by atomic mass is 10.0. The largest absolute Gasteiger partial charge is 0.321 e. The molecule has 0 aliphatic carbocycles. The van der Waals surface area contributed by atoms with E-state index in [0.717, 1.165) is 38.4 Å². The van der Waals surface area contributed by atoms with Crippen LogP contribution < -0.4 is 5.32 Å². The average molecular weight is 344 g/mol. The molecule has 1 aliphatic rings. The average Bonchev–Trinajstić information content (AvgIpc) is 3.34. The van der Waals surface area contributed by atoms with E-state index in [1.54, 1.807) is 17.5 Å². The quantitative estimate of drug-likeness (QED) is 0.536. The highest BCUT2D eigenvalue weighted by molar-refractivity contribution is 7.13. The van der Waals surface area contributed by atoms with Crippen molar-refractivity contribution in [3.63, 3.8) is 0 Å². The van der Waals surface area contributed by atoms with E-state index >= 15 is 0 Å². The number of rotatable bonds is 2. The molecule has 3 heterocycles. The molecule has 2 aromatic carbocycles. The first-order chi connectivity index (χ1) is 12.3. The smallest absolute Gasteiger partial charge is 0.256 e. The topological polar surface area (TPSA) is 70.7 Å². The summed E-state index contributed by atoms with van der Waals surface area (Å²) < 4.78 is 0. The molecule has 0 saturated carbocycles. The molecule has 2 N–H and O–H groups in total. The number of anilines is 1. The molecule has 1 aliphatic heterocycles. The molecule has 0 atom stereocenters. The molecule has 4 aromatic rings. The van der Waals surface area contributed by atoms with Gasteiger partial charge in [-0.15, -0.1) is 11.3 Å². The summed E-state index contributed by atoms with van der Waals surface area (Å²) >= 11 is 1.56. The Morgan fingerprint density at radius 3 is 2.92 bits per heavy atom. The van der Waals surface area contributed by atoms with Gasteiger partial charge in [-0.25, -0.2) is 4.98 Å². The third kappa shape index (κ3) is 2.27. The molecule has 0 radical (unpaired) electrons. The van der Waals surface area contributed by atoms with Gasteiger partial charge in [0.15, 0.2) is 0 Å². The molecule has 5 rings (SSSR count). The van der Waals surface area contributed by atoms with Crippen molar-refractivity contribution in [3.05, 3.63) is 65.2 Å². The van der Waals surface area contributed by atoms with E-state index < -0.39 is 0 Å². The zero-order chi connectivity index (χ0) is 16.8. The van der Waals surface area contributed by atoms with E-state index in [4.69, 9.17) is 0 Å². The maximum Gasteiger partial charge on any atom is 0.256 e. The van der Waals surface area contributed by atoms with Crippen LogP contribution in [-0.4, -0.2) is 21.1 Å². The molecule has 25 heavy (non-hydrogen) atoms. The summed E-state index contributed by atoms with van der Waals surface area (Å²) in [5.74, 6) is -0.0746. The van der Waals surface area contributed by atoms with Gasteiger partial charge in [-0.1, -0.05) is 24.3 Å². The molecule has 0 saturated heterocycles. The van der Waals surface area contributed by atoms with Gasteiger partial charge >= 0.3 is 0 Å². The summed E-state index contributed by atoms with van der Waals surface area (Å²) in [7, 11) is 0. The third-order valence-electron chi connectivity index (χ3n) is 4.24. The third-order valence-corrected chi connectivity index (χ3v) is 5.02. The van der Waals surface area contributed by atoms with Crippen LogP contribution in [-0.2, 0) is 4.79 Å². The van der Waals surface area contributed by atoms with Crippen LogP contribution >= 0.6 is 11.3 Å². The van der Waals surface area contributed by atoms with Crippen LogP contribution in [0.5, 0.6) is 0 Å². The minimum atomic E-state index is -0.0746. The van der Waals surface area contributed by atoms with E-state index in [2.05, 4.69) is 20.5 Å². The number of para-hydroxylation sites is 1. The SMILES string of the molecule is O=C1Nc2ccccc2/C1=C\c1ccc2c(-c3nccs3)n[nH]c2c1. The predicted molar refractivity (Wildman–Crippen MR) is 100 cm³/mol. The van der Waals surface area contributed by atoms with E-state index in [9.17, 15) is 4.79 Å². The highest BCUT2D eigenvalue weighted by atomic mass is 32.1. The number of carbonyl (C=O) groups is 1. The lowest BCUT2D eigenvalue weighted by molar-refractivity contribution is -0.110. The number of aromatic amines is 1. The molecule has 5 nitrogen and oxygen atoms in total. The summed E-state index contributed by atoms with van der Waals surface area (Å²) in [6.07, 6.45) is 3.68. The minimum Gasteiger partial charge on any atom is -0.321 e. The molecule has 0 unspecified atom stereocenters. The lowest BCUT2D eigenvalue weighted by Gasteiger charge is -1.99. The molecule has 6 heteroatoms. The summed E-state index contributed by atoms with van der Waals surface area (Å²) in [6, 6.07) is 13.7. The van der Waals surface area contributed by atoms with Crippen molar-refractivity contribution in [2.75, 3.05) is 5.32 Å². The van der Waals surface area contributed by atoms with E-state index in [-0.39, 0.29) is 5.91 Å². The van der Waals surface area contributed by atoms with Gasteiger partial charge in [-0.05, 0) is 29.8 Å². The second-order valence-electron chi connectivity index (χ2n) is 5.77. The van der Waals surface area contributed by atoms with Crippen LogP contribution in [0, 0.1) is 0 Å². The Labute approximate surface area is 147 Å². The summed E-state index contributed by atoms with van der Waals surface area (Å²) in [6.45, 7) is 0. The fourth-order valence-electron chi connectivity index (χ4n) is 3.08. The molecule has 0 fully saturated rings. The fraction of sp³-hybridized carbons (Fsp3) is 0. The van der Waals surface area contributed by atoms with Gasteiger partial charge in [0.1, 0.15) is 10.7 Å². The molecule has 120 valence electrons. The number of benzene rings is 2. The number of nitrogens with one attached hydrogen (secondary N) is 2. The number of nitrogens with zero attached hydrogens (tertiary/aromatic N) is 2. The van der Waals surface area contributed by atoms with Gasteiger partial charge in [0.2, 0.25) is 0 Å². The van der Waals surface area contributed by atoms with Gasteiger partial charge in [0.25, 0.3) is 5.91 Å². The van der Waals surface area contributed by atoms with Crippen molar-refractivity contribution < 1.29 is 4.79 Å². The van der Waals surface area contributed by atoms with Crippen LogP contribution in [0.15, 0.2) is 54.0 Å². The van der Waals surface area contributed by atoms with Crippen LogP contribution in [0.4, 0.5) is 5.69 Å². The van der Waals surface area contributed by atoms with Crippen molar-refractivity contribution in [3.8, 4) is 10.7 Å².